The Labute approximate surface area is 364 Å². The fourth-order valence-corrected chi connectivity index (χ4v) is 7.06. The molecule has 342 valence electrons. The van der Waals surface area contributed by atoms with E-state index in [0.717, 1.165) is 139 Å². The second kappa shape index (κ2) is 37.3. The highest BCUT2D eigenvalue weighted by Crippen LogP contribution is 2.26. The Kier molecular flexibility index (Phi) is 33.9. The van der Waals surface area contributed by atoms with E-state index in [1.54, 1.807) is 0 Å². The summed E-state index contributed by atoms with van der Waals surface area (Å²) in [6.07, 6.45) is 33.4. The summed E-state index contributed by atoms with van der Waals surface area (Å²) in [7, 11) is 0. The molecule has 9 heteroatoms. The average Bonchev–Trinajstić information content (AvgIpc) is 3.22. The zero-order valence-corrected chi connectivity index (χ0v) is 38.5. The number of allylic oxidation sites excluding steroid dienone is 4. The molecule has 1 aromatic carbocycles. The van der Waals surface area contributed by atoms with E-state index in [-0.39, 0.29) is 50.1 Å². The van der Waals surface area contributed by atoms with Crippen LogP contribution in [0.15, 0.2) is 36.4 Å². The van der Waals surface area contributed by atoms with Gasteiger partial charge in [-0.05, 0) is 94.2 Å². The monoisotopic (exact) mass is 841 g/mol. The topological polar surface area (TPSA) is 125 Å². The van der Waals surface area contributed by atoms with Crippen molar-refractivity contribution in [1.29, 1.82) is 0 Å². The number of ether oxygens (including phenoxy) is 4. The molecular formula is C51H84O9. The van der Waals surface area contributed by atoms with Crippen LogP contribution in [0.2, 0.25) is 0 Å². The van der Waals surface area contributed by atoms with Gasteiger partial charge < -0.3 is 24.1 Å². The number of hydrogen-bond acceptors (Lipinski definition) is 9. The lowest BCUT2D eigenvalue weighted by Crippen LogP contribution is -2.31. The van der Waals surface area contributed by atoms with Crippen molar-refractivity contribution >= 4 is 23.9 Å². The first-order valence-electron chi connectivity index (χ1n) is 23.8. The van der Waals surface area contributed by atoms with E-state index in [4.69, 9.17) is 18.9 Å². The maximum absolute atomic E-state index is 13.0. The number of carbonyl (C=O) groups is 4. The fraction of sp³-hybridized carbons (Fsp3) is 0.725. The van der Waals surface area contributed by atoms with E-state index in [1.165, 1.54) is 25.7 Å². The van der Waals surface area contributed by atoms with Gasteiger partial charge in [0.1, 0.15) is 19.0 Å². The maximum Gasteiger partial charge on any atom is 0.311 e. The molecule has 0 aliphatic heterocycles. The highest BCUT2D eigenvalue weighted by atomic mass is 16.6. The minimum absolute atomic E-state index is 0.0543. The molecule has 1 rings (SSSR count). The van der Waals surface area contributed by atoms with Crippen LogP contribution in [0.4, 0.5) is 0 Å². The van der Waals surface area contributed by atoms with E-state index in [0.29, 0.717) is 25.0 Å². The van der Waals surface area contributed by atoms with Gasteiger partial charge in [0, 0.05) is 25.7 Å². The molecule has 0 saturated heterocycles. The Morgan fingerprint density at radius 3 is 1.45 bits per heavy atom. The van der Waals surface area contributed by atoms with Crippen LogP contribution in [0.1, 0.15) is 211 Å². The third kappa shape index (κ3) is 30.5. The van der Waals surface area contributed by atoms with Gasteiger partial charge in [-0.3, -0.25) is 19.2 Å². The Bertz CT molecular complexity index is 1280. The van der Waals surface area contributed by atoms with Gasteiger partial charge >= 0.3 is 23.9 Å². The van der Waals surface area contributed by atoms with Crippen LogP contribution in [0.5, 0.6) is 5.75 Å². The molecule has 0 bridgehead atoms. The van der Waals surface area contributed by atoms with Gasteiger partial charge in [-0.2, -0.15) is 0 Å². The van der Waals surface area contributed by atoms with Gasteiger partial charge in [0.2, 0.25) is 0 Å². The lowest BCUT2D eigenvalue weighted by molar-refractivity contribution is -0.167. The highest BCUT2D eigenvalue weighted by molar-refractivity contribution is 5.73. The molecule has 0 saturated carbocycles. The zero-order chi connectivity index (χ0) is 44.1. The van der Waals surface area contributed by atoms with Crippen LogP contribution < -0.4 is 4.74 Å². The van der Waals surface area contributed by atoms with Crippen LogP contribution in [0.25, 0.3) is 0 Å². The maximum atomic E-state index is 13.0. The molecule has 0 fully saturated rings. The first-order chi connectivity index (χ1) is 29.1. The number of esters is 4. The summed E-state index contributed by atoms with van der Waals surface area (Å²) in [5.74, 6) is -0.690. The molecule has 0 aromatic heterocycles. The van der Waals surface area contributed by atoms with Crippen molar-refractivity contribution in [1.82, 2.24) is 0 Å². The number of benzene rings is 1. The van der Waals surface area contributed by atoms with Crippen LogP contribution in [0.3, 0.4) is 0 Å². The second-order valence-electron chi connectivity index (χ2n) is 16.8. The Morgan fingerprint density at radius 1 is 0.567 bits per heavy atom. The number of aliphatic hydroxyl groups excluding tert-OH is 1. The van der Waals surface area contributed by atoms with Crippen molar-refractivity contribution in [3.8, 4) is 5.75 Å². The van der Waals surface area contributed by atoms with Crippen LogP contribution in [0, 0.1) is 19.8 Å². The highest BCUT2D eigenvalue weighted by Gasteiger charge is 2.21. The van der Waals surface area contributed by atoms with Crippen molar-refractivity contribution in [2.75, 3.05) is 13.2 Å². The molecule has 1 aromatic rings. The molecular weight excluding hydrogens is 757 g/mol. The van der Waals surface area contributed by atoms with Crippen molar-refractivity contribution in [2.45, 2.75) is 221 Å². The van der Waals surface area contributed by atoms with Gasteiger partial charge in [-0.15, -0.1) is 0 Å². The van der Waals surface area contributed by atoms with Crippen LogP contribution in [-0.4, -0.2) is 48.3 Å². The van der Waals surface area contributed by atoms with Gasteiger partial charge in [-0.1, -0.05) is 147 Å². The summed E-state index contributed by atoms with van der Waals surface area (Å²) < 4.78 is 22.4. The summed E-state index contributed by atoms with van der Waals surface area (Å²) >= 11 is 0. The van der Waals surface area contributed by atoms with Crippen molar-refractivity contribution in [3.05, 3.63) is 53.1 Å². The zero-order valence-electron chi connectivity index (χ0n) is 38.5. The Morgan fingerprint density at radius 2 is 0.983 bits per heavy atom. The predicted molar refractivity (Wildman–Crippen MR) is 243 cm³/mol. The van der Waals surface area contributed by atoms with Crippen molar-refractivity contribution in [3.63, 3.8) is 0 Å². The molecule has 0 radical (unpaired) electrons. The largest absolute Gasteiger partial charge is 0.462 e. The van der Waals surface area contributed by atoms with E-state index in [9.17, 15) is 24.3 Å². The Balaban J connectivity index is 2.44. The number of unbranched alkanes of at least 4 members (excludes halogenated alkanes) is 17. The fourth-order valence-electron chi connectivity index (χ4n) is 7.06. The summed E-state index contributed by atoms with van der Waals surface area (Å²) in [6, 6.07) is 3.66. The van der Waals surface area contributed by atoms with Gasteiger partial charge in [0.15, 0.2) is 6.10 Å². The third-order valence-corrected chi connectivity index (χ3v) is 10.7. The molecule has 9 nitrogen and oxygen atoms in total. The average molecular weight is 841 g/mol. The first kappa shape index (κ1) is 54.6. The lowest BCUT2D eigenvalue weighted by Gasteiger charge is -2.19. The number of rotatable bonds is 38. The van der Waals surface area contributed by atoms with Gasteiger partial charge in [0.25, 0.3) is 0 Å². The van der Waals surface area contributed by atoms with E-state index in [1.807, 2.05) is 32.9 Å². The van der Waals surface area contributed by atoms with Crippen molar-refractivity contribution < 1.29 is 43.2 Å². The molecule has 1 atom stereocenters. The predicted octanol–water partition coefficient (Wildman–Crippen LogP) is 13.0. The van der Waals surface area contributed by atoms with Gasteiger partial charge in [-0.25, -0.2) is 0 Å². The standard InChI is InChI=1S/C51H84O9/c1-6-8-10-12-14-16-18-20-22-24-29-33-47(53)57-40-46(41-58-48(54)34-30-25-23-21-19-17-15-13-11-9-7-2)59-50(56)36-42(3)32-28-26-27-31-35-49(55)60-51-43(4)37-45(39-52)38-44(51)5/h12-15,37-38,42,46,52H,6-11,16-36,39-41H2,1-5H3/b14-12-,15-13-. The normalized spacial score (nSPS) is 12.1. The SMILES string of the molecule is CCCC/C=C\CCCCCCCC(=O)OCC(COC(=O)CCCCCCC/C=C\CCCC)OC(=O)CC(C)CCCCCCC(=O)Oc1c(C)cc(CO)cc1C. The molecule has 0 aliphatic carbocycles. The van der Waals surface area contributed by atoms with Crippen LogP contribution in [-0.2, 0) is 40.0 Å². The summed E-state index contributed by atoms with van der Waals surface area (Å²) in [5, 5.41) is 9.40. The van der Waals surface area contributed by atoms with E-state index < -0.39 is 12.1 Å². The molecule has 0 aliphatic rings. The Hall–Kier alpha value is -3.46. The van der Waals surface area contributed by atoms with E-state index >= 15 is 0 Å². The molecule has 1 unspecified atom stereocenters. The van der Waals surface area contributed by atoms with E-state index in [2.05, 4.69) is 38.2 Å². The molecule has 0 heterocycles. The number of hydrogen-bond donors (Lipinski definition) is 1. The summed E-state index contributed by atoms with van der Waals surface area (Å²) in [4.78, 5) is 50.6. The minimum Gasteiger partial charge on any atom is -0.462 e. The third-order valence-electron chi connectivity index (χ3n) is 10.7. The van der Waals surface area contributed by atoms with Gasteiger partial charge in [0.05, 0.1) is 6.61 Å². The number of aryl methyl sites for hydroxylation is 2. The molecule has 1 N–H and O–H groups in total. The molecule has 0 spiro atoms. The quantitative estimate of drug-likeness (QED) is 0.0228. The minimum atomic E-state index is -0.853. The van der Waals surface area contributed by atoms with Crippen LogP contribution >= 0.6 is 0 Å². The first-order valence-corrected chi connectivity index (χ1v) is 23.8. The number of carbonyl (C=O) groups excluding carboxylic acids is 4. The molecule has 0 amide bonds. The molecule has 60 heavy (non-hydrogen) atoms. The smallest absolute Gasteiger partial charge is 0.311 e. The second-order valence-corrected chi connectivity index (χ2v) is 16.8. The summed E-state index contributed by atoms with van der Waals surface area (Å²) in [6.45, 7) is 9.83. The number of aliphatic hydroxyl groups is 1. The lowest BCUT2D eigenvalue weighted by atomic mass is 9.99. The summed E-state index contributed by atoms with van der Waals surface area (Å²) in [5.41, 5.74) is 2.45. The van der Waals surface area contributed by atoms with Crippen molar-refractivity contribution in [2.24, 2.45) is 5.92 Å².